The SMILES string of the molecule is Cc1ccc(C(=O)N2CCC3(CC2)CC(=O)N(Cc2cc(F)cc(F)c2)C3)cc1. The van der Waals surface area contributed by atoms with Crippen LogP contribution < -0.4 is 0 Å². The van der Waals surface area contributed by atoms with Crippen molar-refractivity contribution in [1.29, 1.82) is 0 Å². The van der Waals surface area contributed by atoms with E-state index >= 15 is 0 Å². The Bertz CT molecular complexity index is 914. The van der Waals surface area contributed by atoms with Gasteiger partial charge in [0.1, 0.15) is 11.6 Å². The molecule has 0 saturated carbocycles. The summed E-state index contributed by atoms with van der Waals surface area (Å²) < 4.78 is 26.9. The van der Waals surface area contributed by atoms with Crippen molar-refractivity contribution in [3.63, 3.8) is 0 Å². The van der Waals surface area contributed by atoms with Crippen LogP contribution in [-0.2, 0) is 11.3 Å². The fourth-order valence-corrected chi connectivity index (χ4v) is 4.45. The third kappa shape index (κ3) is 4.16. The van der Waals surface area contributed by atoms with Crippen LogP contribution >= 0.6 is 0 Å². The normalized spacial score (nSPS) is 18.5. The minimum Gasteiger partial charge on any atom is -0.339 e. The molecule has 4 nitrogen and oxygen atoms in total. The molecule has 2 amide bonds. The lowest BCUT2D eigenvalue weighted by Crippen LogP contribution is -2.44. The molecule has 0 N–H and O–H groups in total. The Kier molecular flexibility index (Phi) is 5.11. The summed E-state index contributed by atoms with van der Waals surface area (Å²) in [6.45, 7) is 3.99. The molecule has 29 heavy (non-hydrogen) atoms. The second-order valence-corrected chi connectivity index (χ2v) is 8.36. The Morgan fingerprint density at radius 2 is 1.66 bits per heavy atom. The van der Waals surface area contributed by atoms with Crippen molar-refractivity contribution in [3.8, 4) is 0 Å². The third-order valence-electron chi connectivity index (χ3n) is 6.11. The van der Waals surface area contributed by atoms with Gasteiger partial charge in [0.25, 0.3) is 5.91 Å². The van der Waals surface area contributed by atoms with E-state index in [1.54, 1.807) is 4.90 Å². The number of aryl methyl sites for hydroxylation is 1. The number of nitrogens with zero attached hydrogens (tertiary/aromatic N) is 2. The summed E-state index contributed by atoms with van der Waals surface area (Å²) in [5.74, 6) is -1.24. The summed E-state index contributed by atoms with van der Waals surface area (Å²) >= 11 is 0. The largest absolute Gasteiger partial charge is 0.339 e. The topological polar surface area (TPSA) is 40.6 Å². The second-order valence-electron chi connectivity index (χ2n) is 8.36. The molecule has 2 aromatic carbocycles. The van der Waals surface area contributed by atoms with E-state index in [4.69, 9.17) is 0 Å². The highest BCUT2D eigenvalue weighted by molar-refractivity contribution is 5.94. The zero-order valence-electron chi connectivity index (χ0n) is 16.5. The van der Waals surface area contributed by atoms with E-state index in [1.807, 2.05) is 36.1 Å². The standard InChI is InChI=1S/C23H24F2N2O2/c1-16-2-4-18(5-3-16)22(29)26-8-6-23(7-9-26)13-21(28)27(15-23)14-17-10-19(24)12-20(25)11-17/h2-5,10-12H,6-9,13-15H2,1H3. The molecule has 4 rings (SSSR count). The Morgan fingerprint density at radius 1 is 1.03 bits per heavy atom. The fraction of sp³-hybridized carbons (Fsp3) is 0.391. The maximum absolute atomic E-state index is 13.4. The summed E-state index contributed by atoms with van der Waals surface area (Å²) in [7, 11) is 0. The van der Waals surface area contributed by atoms with Gasteiger partial charge < -0.3 is 9.80 Å². The van der Waals surface area contributed by atoms with Crippen LogP contribution in [0, 0.1) is 24.0 Å². The van der Waals surface area contributed by atoms with Crippen molar-refractivity contribution in [2.45, 2.75) is 32.7 Å². The molecule has 2 aromatic rings. The smallest absolute Gasteiger partial charge is 0.253 e. The Morgan fingerprint density at radius 3 is 2.28 bits per heavy atom. The van der Waals surface area contributed by atoms with Gasteiger partial charge in [0.05, 0.1) is 0 Å². The van der Waals surface area contributed by atoms with Gasteiger partial charge in [-0.2, -0.15) is 0 Å². The first-order valence-electron chi connectivity index (χ1n) is 9.92. The molecular weight excluding hydrogens is 374 g/mol. The minimum atomic E-state index is -0.635. The maximum atomic E-state index is 13.4. The number of benzene rings is 2. The Hall–Kier alpha value is -2.76. The van der Waals surface area contributed by atoms with Gasteiger partial charge in [0.2, 0.25) is 5.91 Å². The summed E-state index contributed by atoms with van der Waals surface area (Å²) in [6.07, 6.45) is 1.94. The van der Waals surface area contributed by atoms with Crippen LogP contribution in [0.3, 0.4) is 0 Å². The summed E-state index contributed by atoms with van der Waals surface area (Å²) in [6, 6.07) is 10.9. The molecule has 2 aliphatic rings. The highest BCUT2D eigenvalue weighted by Gasteiger charge is 2.45. The monoisotopic (exact) mass is 398 g/mol. The lowest BCUT2D eigenvalue weighted by atomic mass is 9.77. The highest BCUT2D eigenvalue weighted by atomic mass is 19.1. The van der Waals surface area contributed by atoms with Crippen molar-refractivity contribution in [2.75, 3.05) is 19.6 Å². The third-order valence-corrected chi connectivity index (χ3v) is 6.11. The molecule has 0 unspecified atom stereocenters. The van der Waals surface area contributed by atoms with Crippen LogP contribution in [0.4, 0.5) is 8.78 Å². The average Bonchev–Trinajstić information content (AvgIpc) is 2.96. The van der Waals surface area contributed by atoms with Gasteiger partial charge in [-0.3, -0.25) is 9.59 Å². The average molecular weight is 398 g/mol. The minimum absolute atomic E-state index is 0.00739. The molecule has 0 aromatic heterocycles. The van der Waals surface area contributed by atoms with E-state index < -0.39 is 11.6 Å². The number of amides is 2. The van der Waals surface area contributed by atoms with Crippen molar-refractivity contribution in [2.24, 2.45) is 5.41 Å². The van der Waals surface area contributed by atoms with Crippen LogP contribution in [-0.4, -0.2) is 41.2 Å². The molecule has 2 fully saturated rings. The van der Waals surface area contributed by atoms with Crippen LogP contribution in [0.15, 0.2) is 42.5 Å². The molecule has 0 bridgehead atoms. The first kappa shape index (κ1) is 19.6. The number of hydrogen-bond donors (Lipinski definition) is 0. The molecule has 0 atom stereocenters. The number of likely N-dealkylation sites (tertiary alicyclic amines) is 2. The van der Waals surface area contributed by atoms with Gasteiger partial charge in [-0.05, 0) is 49.6 Å². The van der Waals surface area contributed by atoms with Gasteiger partial charge in [0.15, 0.2) is 0 Å². The van der Waals surface area contributed by atoms with E-state index in [0.717, 1.165) is 24.5 Å². The number of hydrogen-bond acceptors (Lipinski definition) is 2. The highest BCUT2D eigenvalue weighted by Crippen LogP contribution is 2.41. The first-order chi connectivity index (χ1) is 13.8. The Balaban J connectivity index is 1.39. The van der Waals surface area contributed by atoms with Gasteiger partial charge >= 0.3 is 0 Å². The molecule has 0 aliphatic carbocycles. The number of carbonyl (C=O) groups excluding carboxylic acids is 2. The van der Waals surface area contributed by atoms with E-state index in [9.17, 15) is 18.4 Å². The zero-order valence-corrected chi connectivity index (χ0v) is 16.5. The van der Waals surface area contributed by atoms with E-state index in [2.05, 4.69) is 0 Å². The van der Waals surface area contributed by atoms with Crippen LogP contribution in [0.5, 0.6) is 0 Å². The van der Waals surface area contributed by atoms with Crippen LogP contribution in [0.2, 0.25) is 0 Å². The summed E-state index contributed by atoms with van der Waals surface area (Å²) in [5.41, 5.74) is 2.10. The summed E-state index contributed by atoms with van der Waals surface area (Å²) in [4.78, 5) is 28.8. The maximum Gasteiger partial charge on any atom is 0.253 e. The molecule has 2 aliphatic heterocycles. The molecule has 152 valence electrons. The number of rotatable bonds is 3. The van der Waals surface area contributed by atoms with Crippen molar-refractivity contribution >= 4 is 11.8 Å². The van der Waals surface area contributed by atoms with E-state index in [1.165, 1.54) is 12.1 Å². The quantitative estimate of drug-likeness (QED) is 0.786. The molecule has 6 heteroatoms. The van der Waals surface area contributed by atoms with Crippen LogP contribution in [0.25, 0.3) is 0 Å². The molecule has 1 spiro atoms. The number of halogens is 2. The van der Waals surface area contributed by atoms with Gasteiger partial charge in [0, 0.05) is 49.6 Å². The lowest BCUT2D eigenvalue weighted by molar-refractivity contribution is -0.128. The predicted molar refractivity (Wildman–Crippen MR) is 105 cm³/mol. The van der Waals surface area contributed by atoms with Crippen molar-refractivity contribution < 1.29 is 18.4 Å². The Labute approximate surface area is 169 Å². The van der Waals surface area contributed by atoms with Crippen molar-refractivity contribution in [1.82, 2.24) is 9.80 Å². The summed E-state index contributed by atoms with van der Waals surface area (Å²) in [5, 5.41) is 0. The second kappa shape index (κ2) is 7.58. The van der Waals surface area contributed by atoms with Gasteiger partial charge in [-0.1, -0.05) is 17.7 Å². The van der Waals surface area contributed by atoms with Crippen LogP contribution in [0.1, 0.15) is 40.7 Å². The predicted octanol–water partition coefficient (Wildman–Crippen LogP) is 3.93. The number of piperidine rings is 1. The first-order valence-corrected chi connectivity index (χ1v) is 9.92. The van der Waals surface area contributed by atoms with E-state index in [0.29, 0.717) is 37.2 Å². The molecule has 0 radical (unpaired) electrons. The molecule has 2 saturated heterocycles. The molecule has 2 heterocycles. The lowest BCUT2D eigenvalue weighted by Gasteiger charge is -2.38. The van der Waals surface area contributed by atoms with Crippen molar-refractivity contribution in [3.05, 3.63) is 70.8 Å². The van der Waals surface area contributed by atoms with Gasteiger partial charge in [-0.15, -0.1) is 0 Å². The molecular formula is C23H24F2N2O2. The van der Waals surface area contributed by atoms with Gasteiger partial charge in [-0.25, -0.2) is 8.78 Å². The van der Waals surface area contributed by atoms with E-state index in [-0.39, 0.29) is 23.8 Å². The fourth-order valence-electron chi connectivity index (χ4n) is 4.45. The number of carbonyl (C=O) groups is 2. The zero-order chi connectivity index (χ0) is 20.6.